The van der Waals surface area contributed by atoms with Gasteiger partial charge in [0, 0.05) is 25.6 Å². The summed E-state index contributed by atoms with van der Waals surface area (Å²) in [6.45, 7) is 3.42. The van der Waals surface area contributed by atoms with Gasteiger partial charge in [0.2, 0.25) is 5.91 Å². The second-order valence-corrected chi connectivity index (χ2v) is 4.37. The molecular formula is C11H20N2O2. The highest BCUT2D eigenvalue weighted by Gasteiger charge is 2.40. The van der Waals surface area contributed by atoms with E-state index in [-0.39, 0.29) is 5.91 Å². The van der Waals surface area contributed by atoms with Gasteiger partial charge in [-0.15, -0.1) is 0 Å². The lowest BCUT2D eigenvalue weighted by Crippen LogP contribution is -2.39. The summed E-state index contributed by atoms with van der Waals surface area (Å²) in [5.74, 6) is 0.133. The number of hydrogen-bond acceptors (Lipinski definition) is 3. The molecule has 2 bridgehead atoms. The standard InChI is InChI=1S/C11H20N2O2/c1-2-12-11(14)5-6-13-9-7-8-3-4-10(9)15-8/h8-10,13H,2-7H2,1H3,(H,12,14). The minimum absolute atomic E-state index is 0.133. The smallest absolute Gasteiger partial charge is 0.221 e. The number of ether oxygens (including phenoxy) is 1. The van der Waals surface area contributed by atoms with Gasteiger partial charge < -0.3 is 15.4 Å². The van der Waals surface area contributed by atoms with Gasteiger partial charge in [0.1, 0.15) is 0 Å². The summed E-state index contributed by atoms with van der Waals surface area (Å²) in [5, 5.41) is 6.21. The Morgan fingerprint density at radius 3 is 2.93 bits per heavy atom. The summed E-state index contributed by atoms with van der Waals surface area (Å²) in [6, 6.07) is 0.484. The van der Waals surface area contributed by atoms with E-state index < -0.39 is 0 Å². The van der Waals surface area contributed by atoms with Crippen LogP contribution in [-0.4, -0.2) is 37.2 Å². The number of carbonyl (C=O) groups excluding carboxylic acids is 1. The molecular weight excluding hydrogens is 192 g/mol. The van der Waals surface area contributed by atoms with Crippen molar-refractivity contribution in [2.24, 2.45) is 0 Å². The number of amides is 1. The molecule has 3 unspecified atom stereocenters. The zero-order chi connectivity index (χ0) is 10.7. The van der Waals surface area contributed by atoms with Crippen LogP contribution < -0.4 is 10.6 Å². The third-order valence-corrected chi connectivity index (χ3v) is 3.24. The molecule has 2 aliphatic rings. The van der Waals surface area contributed by atoms with Crippen LogP contribution >= 0.6 is 0 Å². The zero-order valence-corrected chi connectivity index (χ0v) is 9.29. The van der Waals surface area contributed by atoms with Gasteiger partial charge in [-0.1, -0.05) is 0 Å². The Balaban J connectivity index is 1.60. The van der Waals surface area contributed by atoms with E-state index in [4.69, 9.17) is 4.74 Å². The van der Waals surface area contributed by atoms with E-state index >= 15 is 0 Å². The lowest BCUT2D eigenvalue weighted by atomic mass is 9.95. The molecule has 2 fully saturated rings. The third kappa shape index (κ3) is 2.69. The third-order valence-electron chi connectivity index (χ3n) is 3.24. The van der Waals surface area contributed by atoms with E-state index in [9.17, 15) is 4.79 Å². The molecule has 86 valence electrons. The van der Waals surface area contributed by atoms with Crippen LogP contribution in [-0.2, 0) is 9.53 Å². The Morgan fingerprint density at radius 2 is 2.33 bits per heavy atom. The van der Waals surface area contributed by atoms with Crippen LogP contribution in [0.25, 0.3) is 0 Å². The summed E-state index contributed by atoms with van der Waals surface area (Å²) in [4.78, 5) is 11.2. The highest BCUT2D eigenvalue weighted by Crippen LogP contribution is 2.34. The van der Waals surface area contributed by atoms with Crippen molar-refractivity contribution in [3.8, 4) is 0 Å². The molecule has 0 aliphatic carbocycles. The Kier molecular flexibility index (Phi) is 3.59. The van der Waals surface area contributed by atoms with Crippen LogP contribution in [0, 0.1) is 0 Å². The average Bonchev–Trinajstić information content (AvgIpc) is 2.79. The number of fused-ring (bicyclic) bond motifs is 2. The van der Waals surface area contributed by atoms with Crippen molar-refractivity contribution in [2.45, 2.75) is 50.9 Å². The highest BCUT2D eigenvalue weighted by atomic mass is 16.5. The Morgan fingerprint density at radius 1 is 1.47 bits per heavy atom. The average molecular weight is 212 g/mol. The Hall–Kier alpha value is -0.610. The van der Waals surface area contributed by atoms with Crippen molar-refractivity contribution in [1.82, 2.24) is 10.6 Å². The first kappa shape index (κ1) is 10.9. The van der Waals surface area contributed by atoms with Gasteiger partial charge in [-0.3, -0.25) is 4.79 Å². The predicted octanol–water partition coefficient (Wildman–Crippen LogP) is 0.422. The number of carbonyl (C=O) groups is 1. The lowest BCUT2D eigenvalue weighted by Gasteiger charge is -2.19. The topological polar surface area (TPSA) is 50.4 Å². The number of hydrogen-bond donors (Lipinski definition) is 2. The van der Waals surface area contributed by atoms with Gasteiger partial charge >= 0.3 is 0 Å². The molecule has 0 aromatic carbocycles. The fraction of sp³-hybridized carbons (Fsp3) is 0.909. The molecule has 2 N–H and O–H groups in total. The van der Waals surface area contributed by atoms with Crippen LogP contribution in [0.5, 0.6) is 0 Å². The maximum absolute atomic E-state index is 11.2. The highest BCUT2D eigenvalue weighted by molar-refractivity contribution is 5.75. The Labute approximate surface area is 90.8 Å². The van der Waals surface area contributed by atoms with Gasteiger partial charge in [-0.05, 0) is 26.2 Å². The molecule has 2 aliphatic heterocycles. The Bertz CT molecular complexity index is 233. The molecule has 4 heteroatoms. The molecule has 2 saturated heterocycles. The van der Waals surface area contributed by atoms with Crippen molar-refractivity contribution in [2.75, 3.05) is 13.1 Å². The molecule has 2 rings (SSSR count). The molecule has 15 heavy (non-hydrogen) atoms. The zero-order valence-electron chi connectivity index (χ0n) is 9.29. The van der Waals surface area contributed by atoms with Gasteiger partial charge in [-0.25, -0.2) is 0 Å². The molecule has 3 atom stereocenters. The first-order valence-electron chi connectivity index (χ1n) is 5.95. The van der Waals surface area contributed by atoms with E-state index in [0.717, 1.165) is 19.5 Å². The molecule has 2 heterocycles. The largest absolute Gasteiger partial charge is 0.373 e. The van der Waals surface area contributed by atoms with Crippen LogP contribution in [0.4, 0.5) is 0 Å². The van der Waals surface area contributed by atoms with Crippen LogP contribution in [0.15, 0.2) is 0 Å². The van der Waals surface area contributed by atoms with Crippen molar-refractivity contribution in [3.05, 3.63) is 0 Å². The monoisotopic (exact) mass is 212 g/mol. The normalized spacial score (nSPS) is 33.3. The summed E-state index contributed by atoms with van der Waals surface area (Å²) in [6.07, 6.45) is 4.99. The molecule has 0 saturated carbocycles. The second-order valence-electron chi connectivity index (χ2n) is 4.37. The molecule has 0 spiro atoms. The minimum Gasteiger partial charge on any atom is -0.373 e. The molecule has 1 amide bonds. The van der Waals surface area contributed by atoms with Crippen molar-refractivity contribution >= 4 is 5.91 Å². The van der Waals surface area contributed by atoms with Crippen molar-refractivity contribution in [3.63, 3.8) is 0 Å². The van der Waals surface area contributed by atoms with Gasteiger partial charge in [0.25, 0.3) is 0 Å². The summed E-state index contributed by atoms with van der Waals surface area (Å²) in [7, 11) is 0. The predicted molar refractivity (Wildman–Crippen MR) is 57.6 cm³/mol. The number of rotatable bonds is 5. The molecule has 4 nitrogen and oxygen atoms in total. The molecule has 0 radical (unpaired) electrons. The van der Waals surface area contributed by atoms with E-state index in [1.165, 1.54) is 12.8 Å². The quantitative estimate of drug-likeness (QED) is 0.694. The minimum atomic E-state index is 0.133. The SMILES string of the molecule is CCNC(=O)CCNC1CC2CCC1O2. The molecule has 0 aromatic heterocycles. The summed E-state index contributed by atoms with van der Waals surface area (Å²) < 4.78 is 5.73. The fourth-order valence-electron chi connectivity index (χ4n) is 2.51. The van der Waals surface area contributed by atoms with Crippen LogP contribution in [0.2, 0.25) is 0 Å². The summed E-state index contributed by atoms with van der Waals surface area (Å²) >= 11 is 0. The van der Waals surface area contributed by atoms with Gasteiger partial charge in [0.15, 0.2) is 0 Å². The van der Waals surface area contributed by atoms with Crippen LogP contribution in [0.3, 0.4) is 0 Å². The van der Waals surface area contributed by atoms with E-state index in [0.29, 0.717) is 24.7 Å². The van der Waals surface area contributed by atoms with E-state index in [1.807, 2.05) is 6.92 Å². The second kappa shape index (κ2) is 4.94. The van der Waals surface area contributed by atoms with Gasteiger partial charge in [-0.2, -0.15) is 0 Å². The fourth-order valence-corrected chi connectivity index (χ4v) is 2.51. The summed E-state index contributed by atoms with van der Waals surface area (Å²) in [5.41, 5.74) is 0. The molecule has 0 aromatic rings. The first-order valence-corrected chi connectivity index (χ1v) is 5.95. The van der Waals surface area contributed by atoms with Gasteiger partial charge in [0.05, 0.1) is 12.2 Å². The lowest BCUT2D eigenvalue weighted by molar-refractivity contribution is -0.120. The van der Waals surface area contributed by atoms with E-state index in [2.05, 4.69) is 10.6 Å². The maximum Gasteiger partial charge on any atom is 0.221 e. The van der Waals surface area contributed by atoms with E-state index in [1.54, 1.807) is 0 Å². The van der Waals surface area contributed by atoms with Crippen molar-refractivity contribution < 1.29 is 9.53 Å². The number of nitrogens with one attached hydrogen (secondary N) is 2. The van der Waals surface area contributed by atoms with Crippen LogP contribution in [0.1, 0.15) is 32.6 Å². The first-order chi connectivity index (χ1) is 7.29. The maximum atomic E-state index is 11.2. The van der Waals surface area contributed by atoms with Crippen molar-refractivity contribution in [1.29, 1.82) is 0 Å².